The van der Waals surface area contributed by atoms with Crippen molar-refractivity contribution in [2.45, 2.75) is 20.1 Å². The SMILES string of the molecule is COc1cc(C(=O)OCc2noc(-c3ccc(C)cc3)n2)c([N+](=O)[O-])cc1OC(F)F. The van der Waals surface area contributed by atoms with Crippen molar-refractivity contribution >= 4 is 11.7 Å². The Balaban J connectivity index is 1.78. The van der Waals surface area contributed by atoms with Gasteiger partial charge in [-0.05, 0) is 19.1 Å². The van der Waals surface area contributed by atoms with Crippen LogP contribution in [0.25, 0.3) is 11.5 Å². The van der Waals surface area contributed by atoms with Gasteiger partial charge in [0.2, 0.25) is 5.82 Å². The zero-order valence-electron chi connectivity index (χ0n) is 16.2. The number of esters is 1. The van der Waals surface area contributed by atoms with Gasteiger partial charge in [-0.2, -0.15) is 13.8 Å². The van der Waals surface area contributed by atoms with E-state index in [0.717, 1.165) is 18.7 Å². The summed E-state index contributed by atoms with van der Waals surface area (Å²) in [5.74, 6) is -1.79. The van der Waals surface area contributed by atoms with Gasteiger partial charge in [-0.3, -0.25) is 10.1 Å². The van der Waals surface area contributed by atoms with Crippen molar-refractivity contribution in [1.29, 1.82) is 0 Å². The molecule has 3 aromatic rings. The van der Waals surface area contributed by atoms with Gasteiger partial charge in [0.1, 0.15) is 5.56 Å². The van der Waals surface area contributed by atoms with E-state index < -0.39 is 41.1 Å². The first kappa shape index (κ1) is 21.6. The molecule has 31 heavy (non-hydrogen) atoms. The first-order valence-corrected chi connectivity index (χ1v) is 8.66. The number of aromatic nitrogens is 2. The van der Waals surface area contributed by atoms with E-state index >= 15 is 0 Å². The number of nitro benzene ring substituents is 1. The maximum Gasteiger partial charge on any atom is 0.387 e. The number of benzene rings is 2. The molecule has 0 aliphatic rings. The lowest BCUT2D eigenvalue weighted by Gasteiger charge is -2.11. The molecule has 0 amide bonds. The van der Waals surface area contributed by atoms with Crippen LogP contribution in [0, 0.1) is 17.0 Å². The molecule has 0 saturated heterocycles. The van der Waals surface area contributed by atoms with Crippen LogP contribution in [0.3, 0.4) is 0 Å². The molecule has 1 aromatic heterocycles. The largest absolute Gasteiger partial charge is 0.493 e. The molecule has 12 heteroatoms. The number of carbonyl (C=O) groups is 1. The standard InChI is InChI=1S/C19H15F2N3O7/c1-10-3-5-11(6-4-10)17-22-16(23-31-17)9-29-18(25)12-7-14(28-2)15(30-19(20)21)8-13(12)24(26)27/h3-8,19H,9H2,1-2H3. The molecular weight excluding hydrogens is 420 g/mol. The Morgan fingerprint density at radius 3 is 2.55 bits per heavy atom. The number of ether oxygens (including phenoxy) is 3. The molecule has 1 heterocycles. The van der Waals surface area contributed by atoms with E-state index in [1.54, 1.807) is 12.1 Å². The van der Waals surface area contributed by atoms with Crippen molar-refractivity contribution in [3.05, 3.63) is 63.5 Å². The average molecular weight is 435 g/mol. The summed E-state index contributed by atoms with van der Waals surface area (Å²) in [6.07, 6.45) is 0. The third-order valence-electron chi connectivity index (χ3n) is 4.01. The predicted octanol–water partition coefficient (Wildman–Crippen LogP) is 3.92. The topological polar surface area (TPSA) is 127 Å². The average Bonchev–Trinajstić information content (AvgIpc) is 3.20. The molecule has 0 aliphatic carbocycles. The Hall–Kier alpha value is -4.09. The molecular formula is C19H15F2N3O7. The first-order chi connectivity index (χ1) is 14.8. The van der Waals surface area contributed by atoms with Crippen LogP contribution in [0.2, 0.25) is 0 Å². The Kier molecular flexibility index (Phi) is 6.38. The van der Waals surface area contributed by atoms with Crippen molar-refractivity contribution in [2.75, 3.05) is 7.11 Å². The Bertz CT molecular complexity index is 1100. The number of rotatable bonds is 8. The van der Waals surface area contributed by atoms with Gasteiger partial charge in [-0.1, -0.05) is 22.9 Å². The van der Waals surface area contributed by atoms with Crippen molar-refractivity contribution in [3.8, 4) is 23.0 Å². The Morgan fingerprint density at radius 1 is 1.23 bits per heavy atom. The van der Waals surface area contributed by atoms with Crippen molar-refractivity contribution in [1.82, 2.24) is 10.1 Å². The van der Waals surface area contributed by atoms with E-state index in [9.17, 15) is 23.7 Å². The van der Waals surface area contributed by atoms with Crippen molar-refractivity contribution < 1.29 is 37.2 Å². The predicted molar refractivity (Wildman–Crippen MR) is 99.9 cm³/mol. The molecule has 0 radical (unpaired) electrons. The fraction of sp³-hybridized carbons (Fsp3) is 0.211. The molecule has 0 atom stereocenters. The number of methoxy groups -OCH3 is 1. The van der Waals surface area contributed by atoms with E-state index in [1.165, 1.54) is 0 Å². The second kappa shape index (κ2) is 9.15. The Labute approximate surface area is 173 Å². The number of alkyl halides is 2. The molecule has 3 rings (SSSR count). The fourth-order valence-corrected chi connectivity index (χ4v) is 2.55. The Morgan fingerprint density at radius 2 is 1.94 bits per heavy atom. The molecule has 0 spiro atoms. The van der Waals surface area contributed by atoms with Crippen LogP contribution in [-0.2, 0) is 11.3 Å². The lowest BCUT2D eigenvalue weighted by atomic mass is 10.1. The van der Waals surface area contributed by atoms with Crippen LogP contribution in [0.1, 0.15) is 21.7 Å². The number of hydrogen-bond acceptors (Lipinski definition) is 9. The molecule has 0 unspecified atom stereocenters. The second-order valence-corrected chi connectivity index (χ2v) is 6.11. The van der Waals surface area contributed by atoms with Crippen LogP contribution < -0.4 is 9.47 Å². The lowest BCUT2D eigenvalue weighted by molar-refractivity contribution is -0.385. The quantitative estimate of drug-likeness (QED) is 0.294. The van der Waals surface area contributed by atoms with Crippen molar-refractivity contribution in [3.63, 3.8) is 0 Å². The summed E-state index contributed by atoms with van der Waals surface area (Å²) in [7, 11) is 1.13. The molecule has 0 saturated carbocycles. The molecule has 0 aliphatic heterocycles. The minimum Gasteiger partial charge on any atom is -0.493 e. The summed E-state index contributed by atoms with van der Waals surface area (Å²) >= 11 is 0. The van der Waals surface area contributed by atoms with Crippen LogP contribution in [0.15, 0.2) is 40.9 Å². The number of carbonyl (C=O) groups excluding carboxylic acids is 1. The lowest BCUT2D eigenvalue weighted by Crippen LogP contribution is -2.11. The van der Waals surface area contributed by atoms with E-state index in [0.29, 0.717) is 11.6 Å². The molecule has 10 nitrogen and oxygen atoms in total. The van der Waals surface area contributed by atoms with Crippen LogP contribution in [0.5, 0.6) is 11.5 Å². The summed E-state index contributed by atoms with van der Waals surface area (Å²) in [6.45, 7) is -1.77. The monoisotopic (exact) mass is 435 g/mol. The minimum atomic E-state index is -3.24. The number of halogens is 2. The molecule has 0 fully saturated rings. The van der Waals surface area contributed by atoms with E-state index in [1.807, 2.05) is 19.1 Å². The highest BCUT2D eigenvalue weighted by Gasteiger charge is 2.27. The third kappa shape index (κ3) is 5.10. The highest BCUT2D eigenvalue weighted by atomic mass is 19.3. The van der Waals surface area contributed by atoms with Gasteiger partial charge < -0.3 is 18.7 Å². The maximum absolute atomic E-state index is 12.5. The highest BCUT2D eigenvalue weighted by molar-refractivity contribution is 5.95. The minimum absolute atomic E-state index is 0.0243. The molecule has 2 aromatic carbocycles. The maximum atomic E-state index is 12.5. The third-order valence-corrected chi connectivity index (χ3v) is 4.01. The van der Waals surface area contributed by atoms with Gasteiger partial charge in [-0.25, -0.2) is 4.79 Å². The number of nitrogens with zero attached hydrogens (tertiary/aromatic N) is 3. The van der Waals surface area contributed by atoms with E-state index in [4.69, 9.17) is 14.0 Å². The number of hydrogen-bond donors (Lipinski definition) is 0. The van der Waals surface area contributed by atoms with Crippen LogP contribution in [-0.4, -0.2) is 34.8 Å². The molecule has 0 N–H and O–H groups in total. The van der Waals surface area contributed by atoms with Crippen molar-refractivity contribution in [2.24, 2.45) is 0 Å². The highest BCUT2D eigenvalue weighted by Crippen LogP contribution is 2.36. The summed E-state index contributed by atoms with van der Waals surface area (Å²) in [6, 6.07) is 8.80. The summed E-state index contributed by atoms with van der Waals surface area (Å²) in [5, 5.41) is 15.0. The van der Waals surface area contributed by atoms with Gasteiger partial charge in [0.25, 0.3) is 11.6 Å². The van der Waals surface area contributed by atoms with E-state index in [-0.39, 0.29) is 17.5 Å². The fourth-order valence-electron chi connectivity index (χ4n) is 2.55. The molecule has 162 valence electrons. The first-order valence-electron chi connectivity index (χ1n) is 8.66. The van der Waals surface area contributed by atoms with E-state index in [2.05, 4.69) is 14.9 Å². The summed E-state index contributed by atoms with van der Waals surface area (Å²) < 4.78 is 44.2. The van der Waals surface area contributed by atoms with Crippen LogP contribution >= 0.6 is 0 Å². The zero-order valence-corrected chi connectivity index (χ0v) is 16.2. The van der Waals surface area contributed by atoms with Gasteiger partial charge >= 0.3 is 12.6 Å². The van der Waals surface area contributed by atoms with Gasteiger partial charge in [0.15, 0.2) is 18.1 Å². The summed E-state index contributed by atoms with van der Waals surface area (Å²) in [5.41, 5.74) is 0.380. The van der Waals surface area contributed by atoms with Gasteiger partial charge in [-0.15, -0.1) is 0 Å². The normalized spacial score (nSPS) is 10.7. The van der Waals surface area contributed by atoms with Crippen LogP contribution in [0.4, 0.5) is 14.5 Å². The summed E-state index contributed by atoms with van der Waals surface area (Å²) in [4.78, 5) is 26.9. The van der Waals surface area contributed by atoms with Gasteiger partial charge in [0, 0.05) is 11.6 Å². The smallest absolute Gasteiger partial charge is 0.387 e. The number of nitro groups is 1. The zero-order chi connectivity index (χ0) is 22.5. The van der Waals surface area contributed by atoms with Gasteiger partial charge in [0.05, 0.1) is 18.1 Å². The molecule has 0 bridgehead atoms. The number of aryl methyl sites for hydroxylation is 1. The second-order valence-electron chi connectivity index (χ2n) is 6.11.